The zero-order valence-electron chi connectivity index (χ0n) is 14.8. The second-order valence-corrected chi connectivity index (χ2v) is 7.70. The van der Waals surface area contributed by atoms with E-state index in [1.165, 1.54) is 18.2 Å². The average molecular weight is 404 g/mol. The van der Waals surface area contributed by atoms with Crippen molar-refractivity contribution in [2.75, 3.05) is 46.1 Å². The first-order valence-corrected chi connectivity index (χ1v) is 9.78. The number of alkyl halides is 3. The van der Waals surface area contributed by atoms with Crippen LogP contribution in [0.5, 0.6) is 0 Å². The van der Waals surface area contributed by atoms with Crippen LogP contribution < -0.4 is 5.32 Å². The number of carbonyl (C=O) groups excluding carboxylic acids is 1. The van der Waals surface area contributed by atoms with E-state index in [9.17, 15) is 18.0 Å². The molecule has 0 radical (unpaired) electrons. The number of carbonyl (C=O) groups is 1. The van der Waals surface area contributed by atoms with E-state index in [1.54, 1.807) is 6.07 Å². The second kappa shape index (κ2) is 9.27. The van der Waals surface area contributed by atoms with E-state index in [1.807, 2.05) is 0 Å². The lowest BCUT2D eigenvalue weighted by Gasteiger charge is -2.37. The second-order valence-electron chi connectivity index (χ2n) is 6.59. The van der Waals surface area contributed by atoms with Crippen molar-refractivity contribution >= 4 is 17.7 Å². The minimum atomic E-state index is -4.44. The predicted octanol–water partition coefficient (Wildman–Crippen LogP) is 2.77. The van der Waals surface area contributed by atoms with Crippen LogP contribution in [0.15, 0.2) is 29.2 Å². The Morgan fingerprint density at radius 1 is 1.22 bits per heavy atom. The minimum absolute atomic E-state index is 0.0447. The average Bonchev–Trinajstić information content (AvgIpc) is 3.16. The summed E-state index contributed by atoms with van der Waals surface area (Å²) in [5.41, 5.74) is -4.39. The third kappa shape index (κ3) is 5.84. The molecule has 150 valence electrons. The maximum atomic E-state index is 12.7. The molecule has 1 N–H and O–H groups in total. The van der Waals surface area contributed by atoms with Crippen LogP contribution in [0.25, 0.3) is 0 Å². The van der Waals surface area contributed by atoms with Gasteiger partial charge in [-0.2, -0.15) is 13.2 Å². The molecule has 9 heteroatoms. The predicted molar refractivity (Wildman–Crippen MR) is 95.8 cm³/mol. The molecular formula is C18H23F3N2O3S. The molecule has 1 amide bonds. The number of nitrogens with one attached hydrogen (secondary N) is 1. The molecule has 2 heterocycles. The molecule has 2 aliphatic heterocycles. The SMILES string of the molecule is O=C(NCC(C1CCOC1)N1CCOCC1)c1ccccc1SC(F)(F)F. The molecule has 2 saturated heterocycles. The van der Waals surface area contributed by atoms with Gasteiger partial charge in [0, 0.05) is 43.1 Å². The van der Waals surface area contributed by atoms with E-state index in [2.05, 4.69) is 10.2 Å². The lowest BCUT2D eigenvalue weighted by atomic mass is 9.96. The van der Waals surface area contributed by atoms with Crippen molar-refractivity contribution in [3.05, 3.63) is 29.8 Å². The van der Waals surface area contributed by atoms with E-state index in [4.69, 9.17) is 9.47 Å². The van der Waals surface area contributed by atoms with Crippen LogP contribution in [0.3, 0.4) is 0 Å². The van der Waals surface area contributed by atoms with Crippen LogP contribution in [0.2, 0.25) is 0 Å². The Labute approximate surface area is 160 Å². The molecule has 0 saturated carbocycles. The molecule has 2 unspecified atom stereocenters. The van der Waals surface area contributed by atoms with Gasteiger partial charge in [-0.15, -0.1) is 0 Å². The highest BCUT2D eigenvalue weighted by Gasteiger charge is 2.33. The van der Waals surface area contributed by atoms with E-state index in [-0.39, 0.29) is 28.3 Å². The molecule has 0 bridgehead atoms. The number of ether oxygens (including phenoxy) is 2. The summed E-state index contributed by atoms with van der Waals surface area (Å²) in [4.78, 5) is 14.8. The van der Waals surface area contributed by atoms with Crippen molar-refractivity contribution in [1.82, 2.24) is 10.2 Å². The van der Waals surface area contributed by atoms with Crippen molar-refractivity contribution in [2.24, 2.45) is 5.92 Å². The summed E-state index contributed by atoms with van der Waals surface area (Å²) < 4.78 is 49.1. The molecule has 3 rings (SSSR count). The highest BCUT2D eigenvalue weighted by Crippen LogP contribution is 2.38. The molecule has 1 aromatic carbocycles. The largest absolute Gasteiger partial charge is 0.446 e. The van der Waals surface area contributed by atoms with Crippen molar-refractivity contribution in [1.29, 1.82) is 0 Å². The Bertz CT molecular complexity index is 633. The molecule has 27 heavy (non-hydrogen) atoms. The summed E-state index contributed by atoms with van der Waals surface area (Å²) in [5, 5.41) is 2.84. The summed E-state index contributed by atoms with van der Waals surface area (Å²) in [5.74, 6) is -0.192. The number of morpholine rings is 1. The molecule has 0 aromatic heterocycles. The smallest absolute Gasteiger partial charge is 0.381 e. The number of benzene rings is 1. The molecular weight excluding hydrogens is 381 g/mol. The van der Waals surface area contributed by atoms with Gasteiger partial charge in [0.1, 0.15) is 0 Å². The summed E-state index contributed by atoms with van der Waals surface area (Å²) in [6.07, 6.45) is 0.915. The third-order valence-corrected chi connectivity index (χ3v) is 5.66. The Morgan fingerprint density at radius 2 is 1.96 bits per heavy atom. The normalized spacial score (nSPS) is 22.6. The van der Waals surface area contributed by atoms with Gasteiger partial charge in [-0.05, 0) is 30.3 Å². The number of hydrogen-bond donors (Lipinski definition) is 1. The maximum Gasteiger partial charge on any atom is 0.446 e. The first-order valence-electron chi connectivity index (χ1n) is 8.96. The number of amides is 1. The zero-order valence-corrected chi connectivity index (χ0v) is 15.7. The Morgan fingerprint density at radius 3 is 2.63 bits per heavy atom. The van der Waals surface area contributed by atoms with Gasteiger partial charge in [0.15, 0.2) is 0 Å². The van der Waals surface area contributed by atoms with E-state index in [0.717, 1.165) is 19.5 Å². The number of nitrogens with zero attached hydrogens (tertiary/aromatic N) is 1. The summed E-state index contributed by atoms with van der Waals surface area (Å²) >= 11 is -0.264. The summed E-state index contributed by atoms with van der Waals surface area (Å²) in [6.45, 7) is 4.54. The van der Waals surface area contributed by atoms with Gasteiger partial charge in [0.05, 0.1) is 25.4 Å². The van der Waals surface area contributed by atoms with Gasteiger partial charge in [-0.3, -0.25) is 9.69 Å². The van der Waals surface area contributed by atoms with Crippen LogP contribution in [-0.4, -0.2) is 68.4 Å². The first-order chi connectivity index (χ1) is 12.9. The van der Waals surface area contributed by atoms with Gasteiger partial charge >= 0.3 is 5.51 Å². The first kappa shape index (κ1) is 20.4. The monoisotopic (exact) mass is 404 g/mol. The minimum Gasteiger partial charge on any atom is -0.381 e. The number of rotatable bonds is 6. The topological polar surface area (TPSA) is 50.8 Å². The van der Waals surface area contributed by atoms with E-state index in [0.29, 0.717) is 38.9 Å². The highest BCUT2D eigenvalue weighted by molar-refractivity contribution is 8.00. The molecule has 5 nitrogen and oxygen atoms in total. The Balaban J connectivity index is 1.67. The highest BCUT2D eigenvalue weighted by atomic mass is 32.2. The van der Waals surface area contributed by atoms with Crippen LogP contribution >= 0.6 is 11.8 Å². The lowest BCUT2D eigenvalue weighted by molar-refractivity contribution is -0.0328. The quantitative estimate of drug-likeness (QED) is 0.739. The van der Waals surface area contributed by atoms with Crippen molar-refractivity contribution < 1.29 is 27.4 Å². The number of thioether (sulfide) groups is 1. The van der Waals surface area contributed by atoms with Crippen molar-refractivity contribution in [3.8, 4) is 0 Å². The number of hydrogen-bond acceptors (Lipinski definition) is 5. The van der Waals surface area contributed by atoms with Crippen LogP contribution in [-0.2, 0) is 9.47 Å². The molecule has 1 aromatic rings. The van der Waals surface area contributed by atoms with Crippen molar-refractivity contribution in [2.45, 2.75) is 22.9 Å². The molecule has 0 aliphatic carbocycles. The van der Waals surface area contributed by atoms with Crippen LogP contribution in [0.4, 0.5) is 13.2 Å². The Kier molecular flexibility index (Phi) is 7.02. The zero-order chi connectivity index (χ0) is 19.3. The van der Waals surface area contributed by atoms with E-state index < -0.39 is 11.4 Å². The molecule has 0 spiro atoms. The number of halogens is 3. The van der Waals surface area contributed by atoms with Gasteiger partial charge in [-0.25, -0.2) is 0 Å². The maximum absolute atomic E-state index is 12.7. The van der Waals surface area contributed by atoms with Crippen molar-refractivity contribution in [3.63, 3.8) is 0 Å². The lowest BCUT2D eigenvalue weighted by Crippen LogP contribution is -2.52. The van der Waals surface area contributed by atoms with Gasteiger partial charge in [-0.1, -0.05) is 12.1 Å². The fourth-order valence-electron chi connectivity index (χ4n) is 3.52. The summed E-state index contributed by atoms with van der Waals surface area (Å²) in [7, 11) is 0. The van der Waals surface area contributed by atoms with Crippen LogP contribution in [0, 0.1) is 5.92 Å². The van der Waals surface area contributed by atoms with Gasteiger partial charge in [0.25, 0.3) is 5.91 Å². The molecule has 2 fully saturated rings. The van der Waals surface area contributed by atoms with Crippen LogP contribution in [0.1, 0.15) is 16.8 Å². The molecule has 2 atom stereocenters. The summed E-state index contributed by atoms with van der Waals surface area (Å²) in [6, 6.07) is 5.89. The molecule has 2 aliphatic rings. The van der Waals surface area contributed by atoms with Gasteiger partial charge < -0.3 is 14.8 Å². The van der Waals surface area contributed by atoms with E-state index >= 15 is 0 Å². The standard InChI is InChI=1S/C18H23F3N2O3S/c19-18(20,21)27-16-4-2-1-3-14(16)17(24)22-11-15(13-5-8-26-12-13)23-6-9-25-10-7-23/h1-4,13,15H,5-12H2,(H,22,24). The fourth-order valence-corrected chi connectivity index (χ4v) is 4.19. The van der Waals surface area contributed by atoms with Gasteiger partial charge in [0.2, 0.25) is 0 Å². The fraction of sp³-hybridized carbons (Fsp3) is 0.611. The third-order valence-electron chi connectivity index (χ3n) is 4.85. The Hall–Kier alpha value is -1.29.